The van der Waals surface area contributed by atoms with E-state index in [1.165, 1.54) is 0 Å². The Morgan fingerprint density at radius 2 is 1.06 bits per heavy atom. The SMILES string of the molecule is CN(C)P(N(C)C)N(C)C.c1ccncc1. The molecule has 0 fully saturated rings. The summed E-state index contributed by atoms with van der Waals surface area (Å²) in [6.45, 7) is 0. The minimum atomic E-state index is -0.238. The van der Waals surface area contributed by atoms with E-state index in [2.05, 4.69) is 61.3 Å². The first-order valence-corrected chi connectivity index (χ1v) is 6.33. The lowest BCUT2D eigenvalue weighted by molar-refractivity contribution is 0.490. The zero-order chi connectivity index (χ0) is 12.6. The molecule has 1 heterocycles. The fourth-order valence-corrected chi connectivity index (χ4v) is 3.53. The molecule has 0 bridgehead atoms. The number of hydrogen-bond acceptors (Lipinski definition) is 4. The second-order valence-corrected chi connectivity index (χ2v) is 6.77. The lowest BCUT2D eigenvalue weighted by atomic mass is 10.5. The van der Waals surface area contributed by atoms with Crippen molar-refractivity contribution < 1.29 is 0 Å². The molecule has 1 rings (SSSR count). The Labute approximate surface area is 101 Å². The quantitative estimate of drug-likeness (QED) is 0.756. The van der Waals surface area contributed by atoms with E-state index in [-0.39, 0.29) is 8.37 Å². The largest absolute Gasteiger partial charge is 0.265 e. The molecule has 1 aromatic rings. The molecule has 4 nitrogen and oxygen atoms in total. The van der Waals surface area contributed by atoms with Crippen LogP contribution in [0.3, 0.4) is 0 Å². The van der Waals surface area contributed by atoms with Crippen molar-refractivity contribution in [2.45, 2.75) is 0 Å². The molecule has 1 aromatic heterocycles. The smallest absolute Gasteiger partial charge is 0.118 e. The average Bonchev–Trinajstić information content (AvgIpc) is 2.19. The van der Waals surface area contributed by atoms with Gasteiger partial charge in [0.15, 0.2) is 0 Å². The molecule has 0 saturated heterocycles. The van der Waals surface area contributed by atoms with E-state index in [0.29, 0.717) is 0 Å². The van der Waals surface area contributed by atoms with Gasteiger partial charge in [-0.15, -0.1) is 0 Å². The van der Waals surface area contributed by atoms with Gasteiger partial charge in [0.1, 0.15) is 8.37 Å². The molecule has 0 radical (unpaired) electrons. The van der Waals surface area contributed by atoms with Gasteiger partial charge in [0.25, 0.3) is 0 Å². The van der Waals surface area contributed by atoms with Crippen LogP contribution >= 0.6 is 8.37 Å². The van der Waals surface area contributed by atoms with E-state index in [4.69, 9.17) is 0 Å². The average molecular weight is 242 g/mol. The summed E-state index contributed by atoms with van der Waals surface area (Å²) in [6.07, 6.45) is 3.50. The molecule has 0 saturated carbocycles. The third kappa shape index (κ3) is 6.85. The van der Waals surface area contributed by atoms with E-state index in [0.717, 1.165) is 0 Å². The topological polar surface area (TPSA) is 22.6 Å². The number of nitrogens with zero attached hydrogens (tertiary/aromatic N) is 4. The normalized spacial score (nSPS) is 10.9. The molecule has 0 atom stereocenters. The first kappa shape index (κ1) is 15.5. The molecule has 0 unspecified atom stereocenters. The summed E-state index contributed by atoms with van der Waals surface area (Å²) in [7, 11) is 12.4. The summed E-state index contributed by atoms with van der Waals surface area (Å²) in [6, 6.07) is 5.72. The Morgan fingerprint density at radius 1 is 0.688 bits per heavy atom. The van der Waals surface area contributed by atoms with Crippen molar-refractivity contribution in [1.29, 1.82) is 0 Å². The lowest BCUT2D eigenvalue weighted by Gasteiger charge is -2.34. The monoisotopic (exact) mass is 242 g/mol. The van der Waals surface area contributed by atoms with Crippen LogP contribution in [0.4, 0.5) is 0 Å². The maximum Gasteiger partial charge on any atom is 0.118 e. The molecule has 5 heteroatoms. The minimum absolute atomic E-state index is 0.238. The van der Waals surface area contributed by atoms with E-state index in [9.17, 15) is 0 Å². The number of hydrogen-bond donors (Lipinski definition) is 0. The Morgan fingerprint density at radius 3 is 1.12 bits per heavy atom. The van der Waals surface area contributed by atoms with Gasteiger partial charge < -0.3 is 0 Å². The molecule has 0 spiro atoms. The van der Waals surface area contributed by atoms with Gasteiger partial charge in [-0.05, 0) is 54.4 Å². The number of aromatic nitrogens is 1. The zero-order valence-corrected chi connectivity index (χ0v) is 12.0. The maximum atomic E-state index is 3.78. The molecule has 0 amide bonds. The predicted molar refractivity (Wildman–Crippen MR) is 72.2 cm³/mol. The summed E-state index contributed by atoms with van der Waals surface area (Å²) in [5, 5.41) is 0. The van der Waals surface area contributed by atoms with Crippen LogP contribution in [-0.2, 0) is 0 Å². The Hall–Kier alpha value is -0.540. The van der Waals surface area contributed by atoms with Crippen LogP contribution in [0.1, 0.15) is 0 Å². The van der Waals surface area contributed by atoms with Crippen LogP contribution in [0.15, 0.2) is 30.6 Å². The number of rotatable bonds is 3. The van der Waals surface area contributed by atoms with Gasteiger partial charge in [0, 0.05) is 12.4 Å². The van der Waals surface area contributed by atoms with Crippen LogP contribution < -0.4 is 0 Å². The van der Waals surface area contributed by atoms with Gasteiger partial charge in [0.05, 0.1) is 0 Å². The van der Waals surface area contributed by atoms with Crippen LogP contribution in [0, 0.1) is 0 Å². The highest BCUT2D eigenvalue weighted by atomic mass is 31.2. The zero-order valence-electron chi connectivity index (χ0n) is 11.1. The lowest BCUT2D eigenvalue weighted by Crippen LogP contribution is -2.25. The van der Waals surface area contributed by atoms with Crippen LogP contribution in [0.5, 0.6) is 0 Å². The van der Waals surface area contributed by atoms with Crippen molar-refractivity contribution in [2.75, 3.05) is 42.3 Å². The third-order valence-electron chi connectivity index (χ3n) is 1.64. The van der Waals surface area contributed by atoms with E-state index >= 15 is 0 Å². The molecule has 0 aliphatic rings. The fourth-order valence-electron chi connectivity index (χ4n) is 1.39. The molecule has 92 valence electrons. The Kier molecular flexibility index (Phi) is 8.30. The van der Waals surface area contributed by atoms with Crippen molar-refractivity contribution in [3.8, 4) is 0 Å². The second kappa shape index (κ2) is 8.59. The van der Waals surface area contributed by atoms with Gasteiger partial charge >= 0.3 is 0 Å². The van der Waals surface area contributed by atoms with E-state index in [1.54, 1.807) is 12.4 Å². The van der Waals surface area contributed by atoms with Crippen molar-refractivity contribution in [2.24, 2.45) is 0 Å². The molecule has 0 aliphatic carbocycles. The van der Waals surface area contributed by atoms with E-state index in [1.807, 2.05) is 18.2 Å². The first-order valence-electron chi connectivity index (χ1n) is 5.13. The molecule has 0 aliphatic heterocycles. The van der Waals surface area contributed by atoms with Crippen LogP contribution in [0.25, 0.3) is 0 Å². The Bertz CT molecular complexity index is 206. The summed E-state index contributed by atoms with van der Waals surface area (Å²) in [4.78, 5) is 3.78. The van der Waals surface area contributed by atoms with Crippen molar-refractivity contribution in [3.05, 3.63) is 30.6 Å². The summed E-state index contributed by atoms with van der Waals surface area (Å²) in [5.41, 5.74) is 0. The van der Waals surface area contributed by atoms with Gasteiger partial charge in [-0.2, -0.15) is 0 Å². The highest BCUT2D eigenvalue weighted by Crippen LogP contribution is 2.40. The molecule has 0 aromatic carbocycles. The summed E-state index contributed by atoms with van der Waals surface area (Å²) >= 11 is 0. The van der Waals surface area contributed by atoms with Gasteiger partial charge in [-0.1, -0.05) is 6.07 Å². The second-order valence-electron chi connectivity index (χ2n) is 3.83. The highest BCUT2D eigenvalue weighted by molar-refractivity contribution is 7.49. The molecular weight excluding hydrogens is 219 g/mol. The maximum absolute atomic E-state index is 3.78. The number of pyridine rings is 1. The summed E-state index contributed by atoms with van der Waals surface area (Å²) < 4.78 is 6.69. The minimum Gasteiger partial charge on any atom is -0.265 e. The van der Waals surface area contributed by atoms with Crippen LogP contribution in [-0.4, -0.2) is 61.3 Å². The summed E-state index contributed by atoms with van der Waals surface area (Å²) in [5.74, 6) is 0. The van der Waals surface area contributed by atoms with Crippen molar-refractivity contribution in [1.82, 2.24) is 19.0 Å². The fraction of sp³-hybridized carbons (Fsp3) is 0.545. The standard InChI is InChI=1S/C6H18N3P.C5H5N/c1-7(2)10(8(3)4)9(5)6;1-2-4-6-5-3-1/h1-6H3;1-5H. The first-order chi connectivity index (χ1) is 7.46. The van der Waals surface area contributed by atoms with Crippen molar-refractivity contribution >= 4 is 8.37 Å². The molecule has 0 N–H and O–H groups in total. The van der Waals surface area contributed by atoms with Crippen molar-refractivity contribution in [3.63, 3.8) is 0 Å². The van der Waals surface area contributed by atoms with Gasteiger partial charge in [0.2, 0.25) is 0 Å². The highest BCUT2D eigenvalue weighted by Gasteiger charge is 2.15. The Balaban J connectivity index is 0.000000315. The third-order valence-corrected chi connectivity index (χ3v) is 3.79. The van der Waals surface area contributed by atoms with E-state index < -0.39 is 0 Å². The van der Waals surface area contributed by atoms with Crippen LogP contribution in [0.2, 0.25) is 0 Å². The van der Waals surface area contributed by atoms with Gasteiger partial charge in [-0.25, -0.2) is 0 Å². The predicted octanol–water partition coefficient (Wildman–Crippen LogP) is 1.98. The van der Waals surface area contributed by atoms with Gasteiger partial charge in [-0.3, -0.25) is 19.0 Å². The molecule has 16 heavy (non-hydrogen) atoms. The molecular formula is C11H23N4P.